The Morgan fingerprint density at radius 3 is 2.25 bits per heavy atom. The van der Waals surface area contributed by atoms with E-state index in [1.807, 2.05) is 13.8 Å². The highest BCUT2D eigenvalue weighted by atomic mass is 32.2. The van der Waals surface area contributed by atoms with E-state index in [1.165, 1.54) is 14.2 Å². The fraction of sp³-hybridized carbons (Fsp3) is 0.550. The van der Waals surface area contributed by atoms with Gasteiger partial charge in [0.15, 0.2) is 5.78 Å². The summed E-state index contributed by atoms with van der Waals surface area (Å²) in [6.07, 6.45) is -0.664. The van der Waals surface area contributed by atoms with E-state index in [-0.39, 0.29) is 22.6 Å². The Morgan fingerprint density at radius 2 is 1.75 bits per heavy atom. The van der Waals surface area contributed by atoms with Crippen LogP contribution in [0.15, 0.2) is 18.2 Å². The highest BCUT2D eigenvalue weighted by Crippen LogP contribution is 2.26. The zero-order chi connectivity index (χ0) is 21.5. The third kappa shape index (κ3) is 7.42. The summed E-state index contributed by atoms with van der Waals surface area (Å²) in [6, 6.07) is 4.11. The molecule has 0 fully saturated rings. The van der Waals surface area contributed by atoms with Crippen LogP contribution in [0.3, 0.4) is 0 Å². The molecule has 28 heavy (non-hydrogen) atoms. The molecule has 0 heterocycles. The number of hydrogen-bond acceptors (Lipinski definition) is 7. The maximum absolute atomic E-state index is 12.6. The molecule has 0 aromatic heterocycles. The second kappa shape index (κ2) is 10.4. The van der Waals surface area contributed by atoms with Crippen LogP contribution in [0.2, 0.25) is 0 Å². The number of amides is 1. The van der Waals surface area contributed by atoms with Gasteiger partial charge in [0.05, 0.1) is 25.5 Å². The van der Waals surface area contributed by atoms with E-state index in [0.717, 1.165) is 11.8 Å². The van der Waals surface area contributed by atoms with Crippen molar-refractivity contribution < 1.29 is 28.6 Å². The minimum absolute atomic E-state index is 0.0687. The smallest absolute Gasteiger partial charge is 0.408 e. The monoisotopic (exact) mass is 411 g/mol. The molecule has 1 aromatic rings. The van der Waals surface area contributed by atoms with E-state index in [2.05, 4.69) is 5.32 Å². The zero-order valence-electron chi connectivity index (χ0n) is 17.5. The molecule has 1 aromatic carbocycles. The number of carbonyl (C=O) groups excluding carboxylic acids is 3. The van der Waals surface area contributed by atoms with E-state index < -0.39 is 17.7 Å². The molecule has 0 bridgehead atoms. The van der Waals surface area contributed by atoms with Gasteiger partial charge >= 0.3 is 6.09 Å². The van der Waals surface area contributed by atoms with E-state index in [1.54, 1.807) is 39.0 Å². The Kier molecular flexibility index (Phi) is 8.81. The lowest BCUT2D eigenvalue weighted by Gasteiger charge is -2.24. The molecule has 0 saturated heterocycles. The molecule has 7 nitrogen and oxygen atoms in total. The SMILES string of the molecule is COc1ccc(C(=O)CSC(=O)[C@@H](NC(=O)OC(C)(C)C)C(C)C)c(OC)c1. The van der Waals surface area contributed by atoms with Gasteiger partial charge in [-0.05, 0) is 38.8 Å². The quantitative estimate of drug-likeness (QED) is 0.652. The number of hydrogen-bond donors (Lipinski definition) is 1. The Bertz CT molecular complexity index is 711. The molecule has 1 amide bonds. The predicted octanol–water partition coefficient (Wildman–Crippen LogP) is 3.70. The van der Waals surface area contributed by atoms with E-state index >= 15 is 0 Å². The summed E-state index contributed by atoms with van der Waals surface area (Å²) in [5, 5.41) is 2.29. The van der Waals surface area contributed by atoms with Gasteiger partial charge in [0, 0.05) is 6.07 Å². The standard InChI is InChI=1S/C20H29NO6S/c1-12(2)17(21-19(24)27-20(3,4)5)18(23)28-11-15(22)14-9-8-13(25-6)10-16(14)26-7/h8-10,12,17H,11H2,1-7H3,(H,21,24)/t17-/m0/s1. The molecule has 0 unspecified atom stereocenters. The van der Waals surface area contributed by atoms with Crippen LogP contribution in [0.4, 0.5) is 4.79 Å². The summed E-state index contributed by atoms with van der Waals surface area (Å²) >= 11 is 0.859. The van der Waals surface area contributed by atoms with Crippen LogP contribution in [0.1, 0.15) is 45.0 Å². The van der Waals surface area contributed by atoms with E-state index in [9.17, 15) is 14.4 Å². The minimum Gasteiger partial charge on any atom is -0.497 e. The summed E-state index contributed by atoms with van der Waals surface area (Å²) in [5.74, 6) is 0.472. The molecule has 0 saturated carbocycles. The zero-order valence-corrected chi connectivity index (χ0v) is 18.3. The second-order valence-corrected chi connectivity index (χ2v) is 8.44. The van der Waals surface area contributed by atoms with Crippen molar-refractivity contribution in [3.8, 4) is 11.5 Å². The largest absolute Gasteiger partial charge is 0.497 e. The van der Waals surface area contributed by atoms with Gasteiger partial charge in [0.2, 0.25) is 5.12 Å². The summed E-state index contributed by atoms with van der Waals surface area (Å²) < 4.78 is 15.6. The highest BCUT2D eigenvalue weighted by Gasteiger charge is 2.28. The van der Waals surface area contributed by atoms with Gasteiger partial charge in [-0.3, -0.25) is 9.59 Å². The van der Waals surface area contributed by atoms with Crippen molar-refractivity contribution in [1.29, 1.82) is 0 Å². The summed E-state index contributed by atoms with van der Waals surface area (Å²) in [5.41, 5.74) is -0.298. The van der Waals surface area contributed by atoms with Gasteiger partial charge < -0.3 is 19.5 Å². The molecule has 156 valence electrons. The number of thioether (sulfide) groups is 1. The van der Waals surface area contributed by atoms with Crippen LogP contribution in [0.25, 0.3) is 0 Å². The minimum atomic E-state index is -0.759. The number of ether oxygens (including phenoxy) is 3. The van der Waals surface area contributed by atoms with E-state index in [0.29, 0.717) is 17.1 Å². The number of rotatable bonds is 8. The van der Waals surface area contributed by atoms with Crippen molar-refractivity contribution in [2.24, 2.45) is 5.92 Å². The maximum Gasteiger partial charge on any atom is 0.408 e. The average molecular weight is 412 g/mol. The fourth-order valence-electron chi connectivity index (χ4n) is 2.27. The predicted molar refractivity (Wildman–Crippen MR) is 109 cm³/mol. The van der Waals surface area contributed by atoms with Crippen LogP contribution in [0, 0.1) is 5.92 Å². The van der Waals surface area contributed by atoms with Gasteiger partial charge in [-0.1, -0.05) is 25.6 Å². The Hall–Kier alpha value is -2.22. The number of nitrogens with one attached hydrogen (secondary N) is 1. The topological polar surface area (TPSA) is 90.9 Å². The molecule has 0 spiro atoms. The van der Waals surface area contributed by atoms with Gasteiger partial charge in [0.25, 0.3) is 0 Å². The lowest BCUT2D eigenvalue weighted by atomic mass is 10.1. The van der Waals surface area contributed by atoms with Crippen LogP contribution >= 0.6 is 11.8 Å². The molecule has 0 aliphatic carbocycles. The normalized spacial score (nSPS) is 12.3. The number of Topliss-reactive ketones (excluding diaryl/α,β-unsaturated/α-hetero) is 1. The number of alkyl carbamates (subject to hydrolysis) is 1. The maximum atomic E-state index is 12.6. The molecule has 1 atom stereocenters. The van der Waals surface area contributed by atoms with Crippen molar-refractivity contribution in [1.82, 2.24) is 5.32 Å². The van der Waals surface area contributed by atoms with Crippen LogP contribution < -0.4 is 14.8 Å². The molecule has 8 heteroatoms. The number of ketones is 1. The first-order chi connectivity index (χ1) is 13.0. The van der Waals surface area contributed by atoms with Gasteiger partial charge in [-0.2, -0.15) is 0 Å². The van der Waals surface area contributed by atoms with Gasteiger partial charge in [-0.25, -0.2) is 4.79 Å². The van der Waals surface area contributed by atoms with Gasteiger partial charge in [0.1, 0.15) is 23.1 Å². The first-order valence-corrected chi connectivity index (χ1v) is 9.88. The van der Waals surface area contributed by atoms with Crippen LogP contribution in [-0.4, -0.2) is 48.6 Å². The number of carbonyl (C=O) groups is 3. The lowest BCUT2D eigenvalue weighted by molar-refractivity contribution is -0.113. The molecule has 0 aliphatic heterocycles. The van der Waals surface area contributed by atoms with Crippen LogP contribution in [0.5, 0.6) is 11.5 Å². The Balaban J connectivity index is 2.77. The average Bonchev–Trinajstić information content (AvgIpc) is 2.61. The fourth-order valence-corrected chi connectivity index (χ4v) is 3.20. The van der Waals surface area contributed by atoms with Crippen LogP contribution in [-0.2, 0) is 9.53 Å². The summed E-state index contributed by atoms with van der Waals surface area (Å²) in [6.45, 7) is 8.86. The third-order valence-electron chi connectivity index (χ3n) is 3.65. The Labute approximate surface area is 170 Å². The van der Waals surface area contributed by atoms with Crippen molar-refractivity contribution in [3.05, 3.63) is 23.8 Å². The lowest BCUT2D eigenvalue weighted by Crippen LogP contribution is -2.45. The van der Waals surface area contributed by atoms with Gasteiger partial charge in [-0.15, -0.1) is 0 Å². The van der Waals surface area contributed by atoms with Crippen molar-refractivity contribution in [3.63, 3.8) is 0 Å². The molecule has 1 rings (SSSR count). The van der Waals surface area contributed by atoms with Crippen molar-refractivity contribution in [2.45, 2.75) is 46.3 Å². The first kappa shape index (κ1) is 23.8. The molecular weight excluding hydrogens is 382 g/mol. The first-order valence-electron chi connectivity index (χ1n) is 8.90. The summed E-state index contributed by atoms with van der Waals surface area (Å²) in [4.78, 5) is 37.1. The molecule has 0 aliphatic rings. The molecule has 1 N–H and O–H groups in total. The molecular formula is C20H29NO6S. The number of methoxy groups -OCH3 is 2. The van der Waals surface area contributed by atoms with E-state index in [4.69, 9.17) is 14.2 Å². The van der Waals surface area contributed by atoms with Crippen molar-refractivity contribution in [2.75, 3.05) is 20.0 Å². The van der Waals surface area contributed by atoms with Crippen molar-refractivity contribution >= 4 is 28.8 Å². The molecule has 0 radical (unpaired) electrons. The highest BCUT2D eigenvalue weighted by molar-refractivity contribution is 8.14. The second-order valence-electron chi connectivity index (χ2n) is 7.47. The summed E-state index contributed by atoms with van der Waals surface area (Å²) in [7, 11) is 2.98. The third-order valence-corrected chi connectivity index (χ3v) is 4.59. The number of benzene rings is 1. The Morgan fingerprint density at radius 1 is 1.11 bits per heavy atom.